The maximum Gasteiger partial charge on any atom is 0.228 e. The van der Waals surface area contributed by atoms with E-state index in [1.54, 1.807) is 22.7 Å². The maximum absolute atomic E-state index is 12.5. The van der Waals surface area contributed by atoms with Gasteiger partial charge in [-0.1, -0.05) is 6.07 Å². The van der Waals surface area contributed by atoms with Crippen LogP contribution in [0.1, 0.15) is 35.2 Å². The van der Waals surface area contributed by atoms with Gasteiger partial charge >= 0.3 is 0 Å². The molecule has 3 rings (SSSR count). The molecule has 1 fully saturated rings. The van der Waals surface area contributed by atoms with Crippen molar-refractivity contribution < 1.29 is 4.79 Å². The van der Waals surface area contributed by atoms with Crippen LogP contribution in [0.25, 0.3) is 0 Å². The fraction of sp³-hybridized carbons (Fsp3) is 0.429. The number of piperidine rings is 1. The Hall–Kier alpha value is -1.20. The van der Waals surface area contributed by atoms with E-state index in [2.05, 4.69) is 4.98 Å². The number of thiophene rings is 1. The van der Waals surface area contributed by atoms with E-state index >= 15 is 0 Å². The molecule has 0 spiro atoms. The molecule has 1 aliphatic rings. The molecule has 1 atom stereocenters. The molecule has 0 radical (unpaired) electrons. The number of rotatable bonds is 3. The maximum atomic E-state index is 12.5. The molecule has 0 N–H and O–H groups in total. The molecule has 3 heterocycles. The highest BCUT2D eigenvalue weighted by molar-refractivity contribution is 7.10. The van der Waals surface area contributed by atoms with Gasteiger partial charge in [-0.05, 0) is 30.7 Å². The Morgan fingerprint density at radius 1 is 1.37 bits per heavy atom. The number of amides is 1. The third-order valence-electron chi connectivity index (χ3n) is 3.47. The molecule has 0 unspecified atom stereocenters. The SMILES string of the molecule is O=C(Cc1cccs1)N1CCCC[C@H]1c1nccs1. The molecule has 0 bridgehead atoms. The summed E-state index contributed by atoms with van der Waals surface area (Å²) < 4.78 is 0. The van der Waals surface area contributed by atoms with Crippen LogP contribution in [0.2, 0.25) is 0 Å². The number of likely N-dealkylation sites (tertiary alicyclic amines) is 1. The molecular weight excluding hydrogens is 276 g/mol. The first kappa shape index (κ1) is 12.8. The zero-order valence-corrected chi connectivity index (χ0v) is 12.3. The highest BCUT2D eigenvalue weighted by Crippen LogP contribution is 2.32. The molecule has 100 valence electrons. The minimum Gasteiger partial charge on any atom is -0.333 e. The summed E-state index contributed by atoms with van der Waals surface area (Å²) in [6.07, 6.45) is 5.70. The third kappa shape index (κ3) is 2.87. The summed E-state index contributed by atoms with van der Waals surface area (Å²) in [5, 5.41) is 5.10. The number of hydrogen-bond donors (Lipinski definition) is 0. The quantitative estimate of drug-likeness (QED) is 0.867. The molecule has 1 saturated heterocycles. The molecule has 3 nitrogen and oxygen atoms in total. The fourth-order valence-electron chi connectivity index (χ4n) is 2.55. The van der Waals surface area contributed by atoms with Gasteiger partial charge in [0.15, 0.2) is 0 Å². The van der Waals surface area contributed by atoms with Crippen LogP contribution in [-0.4, -0.2) is 22.3 Å². The van der Waals surface area contributed by atoms with Crippen molar-refractivity contribution in [3.63, 3.8) is 0 Å². The second kappa shape index (κ2) is 5.84. The van der Waals surface area contributed by atoms with E-state index in [1.165, 1.54) is 6.42 Å². The third-order valence-corrected chi connectivity index (χ3v) is 5.22. The predicted molar refractivity (Wildman–Crippen MR) is 78.4 cm³/mol. The summed E-state index contributed by atoms with van der Waals surface area (Å²) in [5.41, 5.74) is 0. The van der Waals surface area contributed by atoms with Crippen molar-refractivity contribution in [2.24, 2.45) is 0 Å². The molecular formula is C14H16N2OS2. The number of carbonyl (C=O) groups excluding carboxylic acids is 1. The summed E-state index contributed by atoms with van der Waals surface area (Å²) in [6.45, 7) is 0.869. The van der Waals surface area contributed by atoms with Crippen LogP contribution >= 0.6 is 22.7 Å². The molecule has 0 aromatic carbocycles. The second-order valence-corrected chi connectivity index (χ2v) is 6.68. The Balaban J connectivity index is 1.75. The van der Waals surface area contributed by atoms with Gasteiger partial charge in [0.05, 0.1) is 12.5 Å². The lowest BCUT2D eigenvalue weighted by atomic mass is 10.0. The highest BCUT2D eigenvalue weighted by Gasteiger charge is 2.29. The van der Waals surface area contributed by atoms with Crippen LogP contribution in [0.5, 0.6) is 0 Å². The van der Waals surface area contributed by atoms with Crippen LogP contribution in [0.4, 0.5) is 0 Å². The summed E-state index contributed by atoms with van der Waals surface area (Å²) in [6, 6.07) is 4.23. The monoisotopic (exact) mass is 292 g/mol. The van der Waals surface area contributed by atoms with Crippen molar-refractivity contribution in [1.82, 2.24) is 9.88 Å². The van der Waals surface area contributed by atoms with Gasteiger partial charge in [0.2, 0.25) is 5.91 Å². The van der Waals surface area contributed by atoms with Crippen LogP contribution in [0, 0.1) is 0 Å². The van der Waals surface area contributed by atoms with E-state index in [0.29, 0.717) is 6.42 Å². The second-order valence-electron chi connectivity index (χ2n) is 4.73. The van der Waals surface area contributed by atoms with Crippen molar-refractivity contribution in [2.45, 2.75) is 31.7 Å². The van der Waals surface area contributed by atoms with E-state index in [9.17, 15) is 4.79 Å². The van der Waals surface area contributed by atoms with E-state index in [-0.39, 0.29) is 11.9 Å². The molecule has 1 amide bonds. The lowest BCUT2D eigenvalue weighted by Gasteiger charge is -2.34. The van der Waals surface area contributed by atoms with E-state index in [4.69, 9.17) is 0 Å². The Morgan fingerprint density at radius 3 is 3.05 bits per heavy atom. The molecule has 1 aliphatic heterocycles. The smallest absolute Gasteiger partial charge is 0.228 e. The van der Waals surface area contributed by atoms with Crippen molar-refractivity contribution in [3.05, 3.63) is 39.0 Å². The molecule has 2 aromatic rings. The van der Waals surface area contributed by atoms with Crippen molar-refractivity contribution >= 4 is 28.6 Å². The van der Waals surface area contributed by atoms with Crippen LogP contribution in [0.3, 0.4) is 0 Å². The fourth-order valence-corrected chi connectivity index (χ4v) is 4.03. The standard InChI is InChI=1S/C14H16N2OS2/c17-13(10-11-4-3-8-18-11)16-7-2-1-5-12(16)14-15-6-9-19-14/h3-4,6,8-9,12H,1-2,5,7,10H2/t12-/m0/s1. The number of aromatic nitrogens is 1. The van der Waals surface area contributed by atoms with Gasteiger partial charge in [0, 0.05) is 23.0 Å². The number of nitrogens with zero attached hydrogens (tertiary/aromatic N) is 2. The Morgan fingerprint density at radius 2 is 2.32 bits per heavy atom. The Bertz CT molecular complexity index is 522. The molecule has 0 saturated carbocycles. The van der Waals surface area contributed by atoms with E-state index in [1.807, 2.05) is 34.0 Å². The van der Waals surface area contributed by atoms with Gasteiger partial charge in [0.1, 0.15) is 5.01 Å². The molecule has 19 heavy (non-hydrogen) atoms. The number of carbonyl (C=O) groups is 1. The lowest BCUT2D eigenvalue weighted by Crippen LogP contribution is -2.39. The van der Waals surface area contributed by atoms with Crippen molar-refractivity contribution in [2.75, 3.05) is 6.54 Å². The minimum atomic E-state index is 0.196. The van der Waals surface area contributed by atoms with Crippen LogP contribution in [0.15, 0.2) is 29.1 Å². The van der Waals surface area contributed by atoms with Gasteiger partial charge in [0.25, 0.3) is 0 Å². The zero-order valence-electron chi connectivity index (χ0n) is 10.6. The first-order chi connectivity index (χ1) is 9.34. The largest absolute Gasteiger partial charge is 0.333 e. The van der Waals surface area contributed by atoms with Gasteiger partial charge in [-0.2, -0.15) is 0 Å². The summed E-state index contributed by atoms with van der Waals surface area (Å²) in [5.74, 6) is 0.238. The highest BCUT2D eigenvalue weighted by atomic mass is 32.1. The van der Waals surface area contributed by atoms with E-state index in [0.717, 1.165) is 29.3 Å². The number of hydrogen-bond acceptors (Lipinski definition) is 4. The Labute approximate surface area is 120 Å². The Kier molecular flexibility index (Phi) is 3.94. The van der Waals surface area contributed by atoms with Crippen LogP contribution in [-0.2, 0) is 11.2 Å². The van der Waals surface area contributed by atoms with Crippen LogP contribution < -0.4 is 0 Å². The number of thiazole rings is 1. The summed E-state index contributed by atoms with van der Waals surface area (Å²) in [7, 11) is 0. The zero-order chi connectivity index (χ0) is 13.1. The normalized spacial score (nSPS) is 19.6. The average Bonchev–Trinajstić information content (AvgIpc) is 3.11. The lowest BCUT2D eigenvalue weighted by molar-refractivity contribution is -0.134. The average molecular weight is 292 g/mol. The predicted octanol–water partition coefficient (Wildman–Crippen LogP) is 3.50. The molecule has 5 heteroatoms. The molecule has 0 aliphatic carbocycles. The summed E-state index contributed by atoms with van der Waals surface area (Å²) in [4.78, 5) is 20.1. The van der Waals surface area contributed by atoms with Gasteiger partial charge in [-0.25, -0.2) is 4.98 Å². The summed E-state index contributed by atoms with van der Waals surface area (Å²) >= 11 is 3.31. The first-order valence-electron chi connectivity index (χ1n) is 6.56. The minimum absolute atomic E-state index is 0.196. The topological polar surface area (TPSA) is 33.2 Å². The van der Waals surface area contributed by atoms with Gasteiger partial charge < -0.3 is 4.90 Å². The first-order valence-corrected chi connectivity index (χ1v) is 8.32. The van der Waals surface area contributed by atoms with Gasteiger partial charge in [-0.3, -0.25) is 4.79 Å². The van der Waals surface area contributed by atoms with Gasteiger partial charge in [-0.15, -0.1) is 22.7 Å². The van der Waals surface area contributed by atoms with E-state index < -0.39 is 0 Å². The van der Waals surface area contributed by atoms with Crippen molar-refractivity contribution in [1.29, 1.82) is 0 Å². The van der Waals surface area contributed by atoms with Crippen molar-refractivity contribution in [3.8, 4) is 0 Å². The molecule has 2 aromatic heterocycles.